The minimum atomic E-state index is 0. The Bertz CT molecular complexity index is 3.25. The van der Waals surface area contributed by atoms with Crippen LogP contribution in [0.25, 0.3) is 0 Å². The Morgan fingerprint density at radius 2 is 0.500 bits per heavy atom. The van der Waals surface area contributed by atoms with E-state index in [1.807, 2.05) is 0 Å². The average Bonchev–Trinajstić information content (AvgIpc) is 0. The molecule has 4 heavy (non-hydrogen) atoms. The van der Waals surface area contributed by atoms with Gasteiger partial charge in [-0.1, -0.05) is 0 Å². The maximum absolute atomic E-state index is 0. The van der Waals surface area contributed by atoms with Crippen LogP contribution < -0.4 is 0 Å². The van der Waals surface area contributed by atoms with E-state index < -0.39 is 0 Å². The second-order valence-electron chi connectivity index (χ2n) is 0. The molecule has 0 radical (unpaired) electrons. The Morgan fingerprint density at radius 1 is 0.500 bits per heavy atom. The van der Waals surface area contributed by atoms with Crippen LogP contribution >= 0.6 is 0 Å². The van der Waals surface area contributed by atoms with Crippen molar-refractivity contribution in [2.45, 2.75) is 0 Å². The van der Waals surface area contributed by atoms with E-state index in [-0.39, 0.29) is 107 Å². The van der Waals surface area contributed by atoms with Crippen LogP contribution in [0.5, 0.6) is 0 Å². The van der Waals surface area contributed by atoms with Gasteiger partial charge < -0.3 is 0 Å². The minimum Gasteiger partial charge on any atom is 0.316 e. The third-order valence-electron chi connectivity index (χ3n) is 0. The molecule has 4 heteroatoms. The first-order valence-electron chi connectivity index (χ1n) is 0. The van der Waals surface area contributed by atoms with Gasteiger partial charge >= 0.3 is 107 Å². The molecule has 0 bridgehead atoms. The number of hydrogen-bond acceptors (Lipinski definition) is 0. The van der Waals surface area contributed by atoms with Gasteiger partial charge in [0, 0.05) is 0 Å². The molecule has 0 spiro atoms. The van der Waals surface area contributed by atoms with Crippen molar-refractivity contribution in [2.75, 3.05) is 0 Å². The molecular formula is H8CaMg3. The van der Waals surface area contributed by atoms with E-state index in [0.29, 0.717) is 0 Å². The molecule has 0 unspecified atom stereocenters. The van der Waals surface area contributed by atoms with E-state index in [1.54, 1.807) is 0 Å². The second kappa shape index (κ2) is 16.0. The summed E-state index contributed by atoms with van der Waals surface area (Å²) >= 11 is 0. The van der Waals surface area contributed by atoms with Crippen molar-refractivity contribution in [1.82, 2.24) is 0 Å². The standard InChI is InChI=1S/Ca.3Mg.8H. The molecule has 0 aliphatic rings. The second-order valence-corrected chi connectivity index (χ2v) is 0. The zero-order valence-electron chi connectivity index (χ0n) is 0. The van der Waals surface area contributed by atoms with E-state index in [4.69, 9.17) is 0 Å². The summed E-state index contributed by atoms with van der Waals surface area (Å²) in [7, 11) is 0. The first-order chi connectivity index (χ1) is 0. The van der Waals surface area contributed by atoms with Gasteiger partial charge in [0.2, 0.25) is 0 Å². The monoisotopic (exact) mass is 120 g/mol. The van der Waals surface area contributed by atoms with E-state index >= 15 is 0 Å². The number of rotatable bonds is 0. The van der Waals surface area contributed by atoms with E-state index in [0.717, 1.165) is 0 Å². The third-order valence-corrected chi connectivity index (χ3v) is 0. The van der Waals surface area contributed by atoms with E-state index in [9.17, 15) is 0 Å². The molecule has 0 N–H and O–H groups in total. The molecule has 0 aromatic carbocycles. The van der Waals surface area contributed by atoms with Crippen molar-refractivity contribution in [1.29, 1.82) is 0 Å². The van der Waals surface area contributed by atoms with Gasteiger partial charge in [0.05, 0.1) is 0 Å². The van der Waals surface area contributed by atoms with Gasteiger partial charge in [0.1, 0.15) is 0 Å². The van der Waals surface area contributed by atoms with Gasteiger partial charge in [0.25, 0.3) is 0 Å². The zero-order chi connectivity index (χ0) is 0. The molecular weight excluding hydrogens is 113 g/mol. The Kier molecular flexibility index (Phi) is 103. The maximum Gasteiger partial charge on any atom is 0.316 e. The first-order valence-corrected chi connectivity index (χ1v) is 0. The summed E-state index contributed by atoms with van der Waals surface area (Å²) in [5.74, 6) is 0. The van der Waals surface area contributed by atoms with Crippen molar-refractivity contribution in [3.63, 3.8) is 0 Å². The van der Waals surface area contributed by atoms with Crippen molar-refractivity contribution in [3.8, 4) is 0 Å². The van der Waals surface area contributed by atoms with E-state index in [2.05, 4.69) is 0 Å². The van der Waals surface area contributed by atoms with Gasteiger partial charge in [-0.05, 0) is 0 Å². The number of hydrogen-bond donors (Lipinski definition) is 0. The normalized spacial score (nSPS) is 0. The van der Waals surface area contributed by atoms with Crippen molar-refractivity contribution in [3.05, 3.63) is 0 Å². The minimum absolute atomic E-state index is 0. The summed E-state index contributed by atoms with van der Waals surface area (Å²) < 4.78 is 0. The Balaban J connectivity index is 0. The molecule has 0 saturated carbocycles. The quantitative estimate of drug-likeness (QED) is 0.290. The molecule has 0 aromatic rings. The smallest absolute Gasteiger partial charge is 0.316 e. The van der Waals surface area contributed by atoms with Crippen LogP contribution in [-0.2, 0) is 0 Å². The summed E-state index contributed by atoms with van der Waals surface area (Å²) in [6.07, 6.45) is 0. The zero-order valence-corrected chi connectivity index (χ0v) is 0. The summed E-state index contributed by atoms with van der Waals surface area (Å²) in [6, 6.07) is 0. The van der Waals surface area contributed by atoms with Crippen molar-refractivity contribution >= 4 is 107 Å². The van der Waals surface area contributed by atoms with Crippen LogP contribution in [-0.4, -0.2) is 107 Å². The van der Waals surface area contributed by atoms with Crippen LogP contribution in [0.4, 0.5) is 0 Å². The Morgan fingerprint density at radius 3 is 0.500 bits per heavy atom. The molecule has 0 saturated heterocycles. The van der Waals surface area contributed by atoms with Crippen LogP contribution in [0, 0.1) is 0 Å². The fourth-order valence-corrected chi connectivity index (χ4v) is 0. The molecule has 16 valence electrons. The predicted molar refractivity (Wildman–Crippen MR) is 34.2 cm³/mol. The van der Waals surface area contributed by atoms with Crippen LogP contribution in [0.1, 0.15) is 0 Å². The summed E-state index contributed by atoms with van der Waals surface area (Å²) in [6.45, 7) is 0. The van der Waals surface area contributed by atoms with Crippen molar-refractivity contribution in [2.24, 2.45) is 0 Å². The fraction of sp³-hybridized carbons (Fsp3) is 0. The average molecular weight is 121 g/mol. The molecule has 0 rings (SSSR count). The van der Waals surface area contributed by atoms with Gasteiger partial charge in [-0.2, -0.15) is 0 Å². The van der Waals surface area contributed by atoms with Gasteiger partial charge in [0.15, 0.2) is 0 Å². The molecule has 0 atom stereocenters. The van der Waals surface area contributed by atoms with Gasteiger partial charge in [-0.15, -0.1) is 0 Å². The van der Waals surface area contributed by atoms with Crippen LogP contribution in [0.3, 0.4) is 0 Å². The summed E-state index contributed by atoms with van der Waals surface area (Å²) in [5, 5.41) is 0. The first kappa shape index (κ1) is 25.7. The van der Waals surface area contributed by atoms with Crippen LogP contribution in [0.2, 0.25) is 0 Å². The SMILES string of the molecule is [CaH2].[MgH2].[MgH2].[MgH2]. The van der Waals surface area contributed by atoms with Gasteiger partial charge in [-0.25, -0.2) is 0 Å². The topological polar surface area (TPSA) is 0 Å². The molecule has 0 heterocycles. The summed E-state index contributed by atoms with van der Waals surface area (Å²) in [4.78, 5) is 0. The third kappa shape index (κ3) is 9.12. The molecule has 0 amide bonds. The van der Waals surface area contributed by atoms with Gasteiger partial charge in [-0.3, -0.25) is 0 Å². The molecule has 0 fully saturated rings. The molecule has 0 nitrogen and oxygen atoms in total. The van der Waals surface area contributed by atoms with E-state index in [1.165, 1.54) is 0 Å². The Labute approximate surface area is 104 Å². The van der Waals surface area contributed by atoms with Crippen molar-refractivity contribution < 1.29 is 0 Å². The molecule has 0 aliphatic heterocycles. The van der Waals surface area contributed by atoms with Crippen LogP contribution in [0.15, 0.2) is 0 Å². The molecule has 0 aliphatic carbocycles. The largest absolute Gasteiger partial charge is 0.316 e. The Hall–Kier alpha value is 3.56. The summed E-state index contributed by atoms with van der Waals surface area (Å²) in [5.41, 5.74) is 0. The fourth-order valence-electron chi connectivity index (χ4n) is 0. The maximum atomic E-state index is 0. The predicted octanol–water partition coefficient (Wildman–Crippen LogP) is -3.66. The molecule has 0 aromatic heterocycles.